The van der Waals surface area contributed by atoms with Gasteiger partial charge >= 0.3 is 0 Å². The minimum absolute atomic E-state index is 0.00390. The second-order valence-corrected chi connectivity index (χ2v) is 5.62. The Morgan fingerprint density at radius 1 is 1.43 bits per heavy atom. The van der Waals surface area contributed by atoms with Crippen LogP contribution in [0.4, 0.5) is 8.78 Å². The lowest BCUT2D eigenvalue weighted by Crippen LogP contribution is -2.32. The number of carbonyl (C=O) groups excluding carboxylic acids is 1. The molecule has 1 aromatic carbocycles. The molecule has 5 nitrogen and oxygen atoms in total. The van der Waals surface area contributed by atoms with Crippen molar-refractivity contribution in [3.63, 3.8) is 0 Å². The Balaban J connectivity index is 1.92. The van der Waals surface area contributed by atoms with E-state index in [9.17, 15) is 13.6 Å². The number of imidazole rings is 1. The van der Waals surface area contributed by atoms with Gasteiger partial charge in [-0.2, -0.15) is 0 Å². The molecule has 0 saturated heterocycles. The van der Waals surface area contributed by atoms with Crippen LogP contribution in [-0.2, 0) is 7.05 Å². The van der Waals surface area contributed by atoms with Gasteiger partial charge in [-0.25, -0.2) is 13.8 Å². The number of hydrogen-bond donors (Lipinski definition) is 1. The second-order valence-electron chi connectivity index (χ2n) is 5.62. The number of rotatable bonds is 5. The number of carbonyl (C=O) groups is 1. The molecule has 1 amide bonds. The molecule has 23 heavy (non-hydrogen) atoms. The van der Waals surface area contributed by atoms with Gasteiger partial charge in [0.2, 0.25) is 0 Å². The molecule has 0 spiro atoms. The first-order valence-corrected chi connectivity index (χ1v) is 7.33. The lowest BCUT2D eigenvalue weighted by atomic mass is 10.1. The molecule has 1 N–H and O–H groups in total. The summed E-state index contributed by atoms with van der Waals surface area (Å²) in [6.45, 7) is 0. The lowest BCUT2D eigenvalue weighted by molar-refractivity contribution is 0.0920. The van der Waals surface area contributed by atoms with Gasteiger partial charge in [0, 0.05) is 19.4 Å². The van der Waals surface area contributed by atoms with Gasteiger partial charge in [0.1, 0.15) is 17.1 Å². The maximum atomic E-state index is 14.1. The van der Waals surface area contributed by atoms with Crippen LogP contribution in [0.2, 0.25) is 0 Å². The van der Waals surface area contributed by atoms with Crippen LogP contribution in [0, 0.1) is 17.6 Å². The minimum atomic E-state index is -1.21. The third kappa shape index (κ3) is 2.91. The number of aromatic nitrogens is 2. The molecule has 1 saturated carbocycles. The van der Waals surface area contributed by atoms with Gasteiger partial charge in [-0.15, -0.1) is 0 Å². The summed E-state index contributed by atoms with van der Waals surface area (Å²) in [7, 11) is 3.13. The Kier molecular flexibility index (Phi) is 4.02. The predicted octanol–water partition coefficient (Wildman–Crippen LogP) is 2.59. The van der Waals surface area contributed by atoms with Gasteiger partial charge in [0.05, 0.1) is 13.2 Å². The highest BCUT2D eigenvalue weighted by Gasteiger charge is 2.36. The van der Waals surface area contributed by atoms with Crippen LogP contribution in [0.3, 0.4) is 0 Å². The van der Waals surface area contributed by atoms with E-state index in [4.69, 9.17) is 4.74 Å². The van der Waals surface area contributed by atoms with Gasteiger partial charge < -0.3 is 14.6 Å². The zero-order chi connectivity index (χ0) is 16.6. The smallest absolute Gasteiger partial charge is 0.258 e. The van der Waals surface area contributed by atoms with E-state index in [1.165, 1.54) is 13.2 Å². The monoisotopic (exact) mass is 321 g/mol. The maximum Gasteiger partial charge on any atom is 0.258 e. The largest absolute Gasteiger partial charge is 0.496 e. The third-order valence-corrected chi connectivity index (χ3v) is 4.02. The lowest BCUT2D eigenvalue weighted by Gasteiger charge is -2.19. The molecule has 1 unspecified atom stereocenters. The van der Waals surface area contributed by atoms with Gasteiger partial charge in [-0.1, -0.05) is 0 Å². The van der Waals surface area contributed by atoms with Crippen LogP contribution < -0.4 is 10.1 Å². The molecule has 0 radical (unpaired) electrons. The van der Waals surface area contributed by atoms with Crippen LogP contribution in [-0.4, -0.2) is 22.6 Å². The van der Waals surface area contributed by atoms with Crippen molar-refractivity contribution in [1.29, 1.82) is 0 Å². The molecular formula is C16H17F2N3O2. The van der Waals surface area contributed by atoms with Crippen molar-refractivity contribution in [2.24, 2.45) is 13.0 Å². The fourth-order valence-corrected chi connectivity index (χ4v) is 2.63. The van der Waals surface area contributed by atoms with Crippen molar-refractivity contribution >= 4 is 5.91 Å². The molecule has 7 heteroatoms. The van der Waals surface area contributed by atoms with E-state index in [2.05, 4.69) is 10.3 Å². The van der Waals surface area contributed by atoms with E-state index in [0.717, 1.165) is 18.9 Å². The number of hydrogen-bond acceptors (Lipinski definition) is 3. The molecule has 1 fully saturated rings. The molecule has 1 atom stereocenters. The Morgan fingerprint density at radius 2 is 2.17 bits per heavy atom. The number of nitrogens with one attached hydrogen (secondary N) is 1. The van der Waals surface area contributed by atoms with E-state index in [-0.39, 0.29) is 17.7 Å². The zero-order valence-corrected chi connectivity index (χ0v) is 12.8. The van der Waals surface area contributed by atoms with E-state index in [0.29, 0.717) is 5.82 Å². The topological polar surface area (TPSA) is 56.1 Å². The Labute approximate surface area is 132 Å². The normalized spacial score (nSPS) is 15.3. The molecule has 1 heterocycles. The summed E-state index contributed by atoms with van der Waals surface area (Å²) in [5.41, 5.74) is -0.424. The van der Waals surface area contributed by atoms with Crippen molar-refractivity contribution in [3.8, 4) is 5.75 Å². The zero-order valence-electron chi connectivity index (χ0n) is 12.8. The quantitative estimate of drug-likeness (QED) is 0.921. The number of ether oxygens (including phenoxy) is 1. The first kappa shape index (κ1) is 15.5. The number of halogens is 2. The SMILES string of the molecule is COc1ccc(F)c(F)c1C(=O)NC(c1nccn1C)C1CC1. The molecule has 0 aliphatic heterocycles. The highest BCUT2D eigenvalue weighted by atomic mass is 19.2. The summed E-state index contributed by atoms with van der Waals surface area (Å²) < 4.78 is 34.3. The molecule has 1 aromatic heterocycles. The summed E-state index contributed by atoms with van der Waals surface area (Å²) in [5.74, 6) is -2.07. The summed E-state index contributed by atoms with van der Waals surface area (Å²) in [6.07, 6.45) is 5.33. The van der Waals surface area contributed by atoms with E-state index < -0.39 is 23.1 Å². The predicted molar refractivity (Wildman–Crippen MR) is 79.0 cm³/mol. The second kappa shape index (κ2) is 5.98. The van der Waals surface area contributed by atoms with Gasteiger partial charge in [-0.3, -0.25) is 4.79 Å². The first-order valence-electron chi connectivity index (χ1n) is 7.33. The number of benzene rings is 1. The highest BCUT2D eigenvalue weighted by Crippen LogP contribution is 2.40. The number of aryl methyl sites for hydroxylation is 1. The number of methoxy groups -OCH3 is 1. The van der Waals surface area contributed by atoms with Gasteiger partial charge in [0.15, 0.2) is 11.6 Å². The summed E-state index contributed by atoms with van der Waals surface area (Å²) in [4.78, 5) is 16.8. The summed E-state index contributed by atoms with van der Waals surface area (Å²) in [6, 6.07) is 1.83. The maximum absolute atomic E-state index is 14.1. The van der Waals surface area contributed by atoms with Gasteiger partial charge in [0.25, 0.3) is 5.91 Å². The molecule has 3 rings (SSSR count). The van der Waals surface area contributed by atoms with E-state index in [1.807, 2.05) is 11.6 Å². The van der Waals surface area contributed by atoms with Crippen molar-refractivity contribution in [2.45, 2.75) is 18.9 Å². The number of nitrogens with zero attached hydrogens (tertiary/aromatic N) is 2. The standard InChI is InChI=1S/C16H17F2N3O2/c1-21-8-7-19-15(21)14(9-3-4-9)20-16(22)12-11(23-2)6-5-10(17)13(12)18/h5-9,14H,3-4H2,1-2H3,(H,20,22). The van der Waals surface area contributed by atoms with Crippen molar-refractivity contribution < 1.29 is 18.3 Å². The molecule has 1 aliphatic carbocycles. The van der Waals surface area contributed by atoms with Crippen LogP contribution in [0.25, 0.3) is 0 Å². The molecule has 122 valence electrons. The van der Waals surface area contributed by atoms with Gasteiger partial charge in [-0.05, 0) is 30.9 Å². The van der Waals surface area contributed by atoms with E-state index >= 15 is 0 Å². The fourth-order valence-electron chi connectivity index (χ4n) is 2.63. The molecule has 2 aromatic rings. The Bertz CT molecular complexity index is 741. The highest BCUT2D eigenvalue weighted by molar-refractivity contribution is 5.97. The molecule has 0 bridgehead atoms. The van der Waals surface area contributed by atoms with Crippen LogP contribution in [0.5, 0.6) is 5.75 Å². The van der Waals surface area contributed by atoms with Crippen molar-refractivity contribution in [1.82, 2.24) is 14.9 Å². The van der Waals surface area contributed by atoms with Crippen LogP contribution in [0.15, 0.2) is 24.5 Å². The summed E-state index contributed by atoms with van der Waals surface area (Å²) in [5, 5.41) is 2.77. The average molecular weight is 321 g/mol. The Morgan fingerprint density at radius 3 is 2.74 bits per heavy atom. The minimum Gasteiger partial charge on any atom is -0.496 e. The average Bonchev–Trinajstić information content (AvgIpc) is 3.29. The molecular weight excluding hydrogens is 304 g/mol. The van der Waals surface area contributed by atoms with Crippen molar-refractivity contribution in [3.05, 3.63) is 47.5 Å². The third-order valence-electron chi connectivity index (χ3n) is 4.02. The Hall–Kier alpha value is -2.44. The first-order chi connectivity index (χ1) is 11.0. The van der Waals surface area contributed by atoms with Crippen LogP contribution >= 0.6 is 0 Å². The fraction of sp³-hybridized carbons (Fsp3) is 0.375. The van der Waals surface area contributed by atoms with E-state index in [1.54, 1.807) is 12.4 Å². The van der Waals surface area contributed by atoms with Crippen molar-refractivity contribution in [2.75, 3.05) is 7.11 Å². The number of amides is 1. The van der Waals surface area contributed by atoms with Crippen LogP contribution in [0.1, 0.15) is 35.1 Å². The molecule has 1 aliphatic rings. The summed E-state index contributed by atoms with van der Waals surface area (Å²) >= 11 is 0.